The molecule has 0 aliphatic carbocycles. The van der Waals surface area contributed by atoms with Gasteiger partial charge in [0.05, 0.1) is 29.2 Å². The van der Waals surface area contributed by atoms with Gasteiger partial charge in [-0.25, -0.2) is 31.5 Å². The number of hydrogen-bond donors (Lipinski definition) is 5. The maximum atomic E-state index is 12.7. The maximum Gasteiger partial charge on any atom is 0.326 e. The van der Waals surface area contributed by atoms with Gasteiger partial charge in [0, 0.05) is 13.1 Å². The summed E-state index contributed by atoms with van der Waals surface area (Å²) in [6, 6.07) is 6.59. The van der Waals surface area contributed by atoms with E-state index in [2.05, 4.69) is 10.0 Å². The summed E-state index contributed by atoms with van der Waals surface area (Å²) in [6.07, 6.45) is 0.893. The van der Waals surface area contributed by atoms with Gasteiger partial charge in [0.2, 0.25) is 26.0 Å². The summed E-state index contributed by atoms with van der Waals surface area (Å²) in [5.74, 6) is -2.85. The molecule has 1 unspecified atom stereocenters. The molecule has 0 aromatic heterocycles. The van der Waals surface area contributed by atoms with Crippen LogP contribution in [0.25, 0.3) is 0 Å². The SMILES string of the molecule is C[C@H](NC(COCc1ccc(CNS(=O)(=O)c2ccc(Cl)c(S(N)(=O)=O)c2)cc1)C(=O)O)C(=O)N1CCC[C@H]1C(=O)O. The van der Waals surface area contributed by atoms with Crippen LogP contribution in [-0.2, 0) is 52.3 Å². The monoisotopic (exact) mass is 646 g/mol. The molecule has 1 aliphatic rings. The number of hydrogen-bond acceptors (Lipinski definition) is 9. The van der Waals surface area contributed by atoms with Gasteiger partial charge in [-0.15, -0.1) is 0 Å². The van der Waals surface area contributed by atoms with E-state index in [0.717, 1.165) is 18.2 Å². The molecule has 2 aromatic carbocycles. The van der Waals surface area contributed by atoms with Crippen LogP contribution in [0.1, 0.15) is 30.9 Å². The summed E-state index contributed by atoms with van der Waals surface area (Å²) >= 11 is 5.81. The molecule has 1 fully saturated rings. The highest BCUT2D eigenvalue weighted by atomic mass is 35.5. The average Bonchev–Trinajstić information content (AvgIpc) is 3.41. The average molecular weight is 647 g/mol. The first-order valence-electron chi connectivity index (χ1n) is 12.6. The van der Waals surface area contributed by atoms with E-state index < -0.39 is 60.9 Å². The summed E-state index contributed by atoms with van der Waals surface area (Å²) in [5, 5.41) is 26.4. The second kappa shape index (κ2) is 13.9. The van der Waals surface area contributed by atoms with Gasteiger partial charge in [0.15, 0.2) is 0 Å². The van der Waals surface area contributed by atoms with Crippen molar-refractivity contribution in [3.8, 4) is 0 Å². The molecular formula is C25H31ClN4O10S2. The third-order valence-electron chi connectivity index (χ3n) is 6.50. The normalized spacial score (nSPS) is 17.1. The van der Waals surface area contributed by atoms with Crippen LogP contribution in [0.5, 0.6) is 0 Å². The lowest BCUT2D eigenvalue weighted by atomic mass is 10.1. The van der Waals surface area contributed by atoms with Gasteiger partial charge in [0.25, 0.3) is 0 Å². The second-order valence-electron chi connectivity index (χ2n) is 9.60. The van der Waals surface area contributed by atoms with Crippen LogP contribution < -0.4 is 15.2 Å². The standard InChI is InChI=1S/C25H31ClN4O10S2/c1-15(23(31)30-10-2-3-21(30)25(34)35)29-20(24(32)33)14-40-13-17-6-4-16(5-7-17)12-28-42(38,39)18-8-9-19(26)22(11-18)41(27,36)37/h4-9,11,15,20-21,28-29H,2-3,10,12-14H2,1H3,(H,32,33)(H,34,35)(H2,27,36,37)/t15-,20?,21-/m0/s1. The van der Waals surface area contributed by atoms with Crippen molar-refractivity contribution >= 4 is 49.5 Å². The Bertz CT molecular complexity index is 1530. The Balaban J connectivity index is 1.52. The third-order valence-corrected chi connectivity index (χ3v) is 9.29. The lowest BCUT2D eigenvalue weighted by molar-refractivity contribution is -0.149. The molecule has 6 N–H and O–H groups in total. The Hall–Kier alpha value is -3.12. The number of halogens is 1. The van der Waals surface area contributed by atoms with E-state index in [1.54, 1.807) is 24.3 Å². The smallest absolute Gasteiger partial charge is 0.326 e. The molecule has 1 heterocycles. The van der Waals surface area contributed by atoms with Crippen LogP contribution in [0.3, 0.4) is 0 Å². The number of benzene rings is 2. The van der Waals surface area contributed by atoms with E-state index in [1.807, 2.05) is 0 Å². The number of ether oxygens (including phenoxy) is 1. The Morgan fingerprint density at radius 1 is 1.10 bits per heavy atom. The van der Waals surface area contributed by atoms with Gasteiger partial charge in [-0.2, -0.15) is 0 Å². The fourth-order valence-electron chi connectivity index (χ4n) is 4.28. The van der Waals surface area contributed by atoms with Crippen LogP contribution >= 0.6 is 11.6 Å². The zero-order valence-electron chi connectivity index (χ0n) is 22.4. The van der Waals surface area contributed by atoms with E-state index in [0.29, 0.717) is 24.0 Å². The molecule has 0 radical (unpaired) electrons. The highest BCUT2D eigenvalue weighted by Gasteiger charge is 2.36. The molecule has 0 saturated carbocycles. The molecule has 3 rings (SSSR count). The van der Waals surface area contributed by atoms with Gasteiger partial charge in [-0.05, 0) is 49.1 Å². The first-order valence-corrected chi connectivity index (χ1v) is 16.0. The summed E-state index contributed by atoms with van der Waals surface area (Å²) < 4.78 is 56.5. The molecule has 1 aliphatic heterocycles. The molecule has 14 nitrogen and oxygen atoms in total. The molecule has 42 heavy (non-hydrogen) atoms. The molecule has 1 amide bonds. The van der Waals surface area contributed by atoms with Crippen LogP contribution in [0.15, 0.2) is 52.3 Å². The minimum atomic E-state index is -4.23. The molecular weight excluding hydrogens is 616 g/mol. The number of sulfonamides is 2. The summed E-state index contributed by atoms with van der Waals surface area (Å²) in [4.78, 5) is 36.2. The van der Waals surface area contributed by atoms with Crippen molar-refractivity contribution in [1.29, 1.82) is 0 Å². The Kier molecular flexibility index (Phi) is 11.0. The molecule has 3 atom stereocenters. The van der Waals surface area contributed by atoms with E-state index in [-0.39, 0.29) is 36.2 Å². The molecule has 0 bridgehead atoms. The third kappa shape index (κ3) is 8.70. The molecule has 230 valence electrons. The largest absolute Gasteiger partial charge is 0.480 e. The summed E-state index contributed by atoms with van der Waals surface area (Å²) in [6.45, 7) is 1.38. The predicted octanol–water partition coefficient (Wildman–Crippen LogP) is 0.489. The van der Waals surface area contributed by atoms with Gasteiger partial charge in [0.1, 0.15) is 17.0 Å². The van der Waals surface area contributed by atoms with E-state index in [9.17, 15) is 41.4 Å². The topological polar surface area (TPSA) is 222 Å². The number of amides is 1. The van der Waals surface area contributed by atoms with Crippen molar-refractivity contribution in [3.05, 3.63) is 58.6 Å². The first kappa shape index (κ1) is 33.4. The van der Waals surface area contributed by atoms with Gasteiger partial charge in [-0.1, -0.05) is 35.9 Å². The van der Waals surface area contributed by atoms with E-state index in [1.165, 1.54) is 11.8 Å². The number of carbonyl (C=O) groups excluding carboxylic acids is 1. The lowest BCUT2D eigenvalue weighted by Crippen LogP contribution is -2.54. The molecule has 17 heteroatoms. The van der Waals surface area contributed by atoms with Crippen molar-refractivity contribution < 1.29 is 46.2 Å². The van der Waals surface area contributed by atoms with Crippen molar-refractivity contribution in [2.24, 2.45) is 5.14 Å². The number of carbonyl (C=O) groups is 3. The van der Waals surface area contributed by atoms with Gasteiger partial charge < -0.3 is 19.8 Å². The van der Waals surface area contributed by atoms with Gasteiger partial charge in [-0.3, -0.25) is 14.9 Å². The fourth-order valence-corrected chi connectivity index (χ4v) is 6.47. The Labute approximate surface area is 247 Å². The Morgan fingerprint density at radius 3 is 2.33 bits per heavy atom. The van der Waals surface area contributed by atoms with Crippen molar-refractivity contribution in [1.82, 2.24) is 14.9 Å². The van der Waals surface area contributed by atoms with Gasteiger partial charge >= 0.3 is 11.9 Å². The van der Waals surface area contributed by atoms with Crippen LogP contribution in [0, 0.1) is 0 Å². The fraction of sp³-hybridized carbons (Fsp3) is 0.400. The minimum Gasteiger partial charge on any atom is -0.480 e. The van der Waals surface area contributed by atoms with Crippen LogP contribution in [0.2, 0.25) is 5.02 Å². The number of nitrogens with zero attached hydrogens (tertiary/aromatic N) is 1. The second-order valence-corrected chi connectivity index (χ2v) is 13.3. The number of carboxylic acids is 2. The van der Waals surface area contributed by atoms with Crippen LogP contribution in [0.4, 0.5) is 0 Å². The van der Waals surface area contributed by atoms with E-state index >= 15 is 0 Å². The molecule has 2 aromatic rings. The highest BCUT2D eigenvalue weighted by Crippen LogP contribution is 2.24. The highest BCUT2D eigenvalue weighted by molar-refractivity contribution is 7.90. The van der Waals surface area contributed by atoms with Crippen molar-refractivity contribution in [2.75, 3.05) is 13.2 Å². The minimum absolute atomic E-state index is 0.0219. The number of likely N-dealkylation sites (tertiary alicyclic amines) is 1. The Morgan fingerprint density at radius 2 is 1.74 bits per heavy atom. The quantitative estimate of drug-likeness (QED) is 0.190. The maximum absolute atomic E-state index is 12.7. The zero-order chi connectivity index (χ0) is 31.2. The molecule has 0 spiro atoms. The van der Waals surface area contributed by atoms with Crippen LogP contribution in [-0.4, -0.2) is 81.1 Å². The number of primary sulfonamides is 1. The van der Waals surface area contributed by atoms with E-state index in [4.69, 9.17) is 21.5 Å². The first-order chi connectivity index (χ1) is 19.6. The number of rotatable bonds is 14. The number of aliphatic carboxylic acids is 2. The number of nitrogens with one attached hydrogen (secondary N) is 2. The summed E-state index contributed by atoms with van der Waals surface area (Å²) in [7, 11) is -8.33. The van der Waals surface area contributed by atoms with Crippen molar-refractivity contribution in [3.63, 3.8) is 0 Å². The lowest BCUT2D eigenvalue weighted by Gasteiger charge is -2.27. The number of carboxylic acid groups (broad SMARTS) is 2. The molecule has 1 saturated heterocycles. The summed E-state index contributed by atoms with van der Waals surface area (Å²) in [5.41, 5.74) is 1.23. The van der Waals surface area contributed by atoms with Crippen molar-refractivity contribution in [2.45, 2.75) is 60.8 Å². The zero-order valence-corrected chi connectivity index (χ0v) is 24.8. The number of nitrogens with two attached hydrogens (primary N) is 1. The predicted molar refractivity (Wildman–Crippen MR) is 149 cm³/mol.